The Balaban J connectivity index is 1.35. The van der Waals surface area contributed by atoms with Crippen molar-refractivity contribution in [2.75, 3.05) is 32.9 Å². The number of hydrogen-bond donors (Lipinski definition) is 1. The van der Waals surface area contributed by atoms with E-state index in [9.17, 15) is 22.4 Å². The van der Waals surface area contributed by atoms with E-state index in [-0.39, 0.29) is 49.2 Å². The highest BCUT2D eigenvalue weighted by molar-refractivity contribution is 7.89. The van der Waals surface area contributed by atoms with Gasteiger partial charge in [0.05, 0.1) is 30.3 Å². The summed E-state index contributed by atoms with van der Waals surface area (Å²) in [6, 6.07) is 25.4. The molecule has 1 saturated heterocycles. The van der Waals surface area contributed by atoms with Gasteiger partial charge in [0.1, 0.15) is 17.6 Å². The monoisotopic (exact) mass is 646 g/mol. The molecule has 0 bridgehead atoms. The lowest BCUT2D eigenvalue weighted by Crippen LogP contribution is -2.51. The third-order valence-corrected chi connectivity index (χ3v) is 9.41. The highest BCUT2D eigenvalue weighted by Gasteiger charge is 2.31. The van der Waals surface area contributed by atoms with E-state index < -0.39 is 34.4 Å². The van der Waals surface area contributed by atoms with Crippen LogP contribution >= 0.6 is 0 Å². The van der Waals surface area contributed by atoms with Crippen molar-refractivity contribution in [3.63, 3.8) is 0 Å². The zero-order chi connectivity index (χ0) is 32.4. The molecule has 1 aromatic heterocycles. The first kappa shape index (κ1) is 32.7. The average molecular weight is 647 g/mol. The van der Waals surface area contributed by atoms with E-state index in [1.165, 1.54) is 45.6 Å². The van der Waals surface area contributed by atoms with Gasteiger partial charge in [-0.2, -0.15) is 4.31 Å². The predicted octanol–water partition coefficient (Wildman–Crippen LogP) is 3.58. The highest BCUT2D eigenvalue weighted by Crippen LogP contribution is 2.21. The van der Waals surface area contributed by atoms with E-state index in [1.807, 2.05) is 36.4 Å². The Bertz CT molecular complexity index is 1690. The molecule has 1 atom stereocenters. The Morgan fingerprint density at radius 1 is 0.913 bits per heavy atom. The van der Waals surface area contributed by atoms with Crippen LogP contribution in [0.5, 0.6) is 5.75 Å². The van der Waals surface area contributed by atoms with Crippen LogP contribution in [0.4, 0.5) is 4.39 Å². The van der Waals surface area contributed by atoms with Crippen molar-refractivity contribution in [2.45, 2.75) is 30.4 Å². The molecule has 1 aliphatic rings. The normalized spacial score (nSPS) is 14.3. The predicted molar refractivity (Wildman–Crippen MR) is 168 cm³/mol. The molecule has 1 N–H and O–H groups in total. The quantitative estimate of drug-likeness (QED) is 0.236. The number of aromatic nitrogens is 1. The molecule has 0 saturated carbocycles. The summed E-state index contributed by atoms with van der Waals surface area (Å²) in [5, 5.41) is 2.91. The number of halogens is 1. The number of rotatable bonds is 13. The van der Waals surface area contributed by atoms with Crippen LogP contribution in [0.25, 0.3) is 0 Å². The van der Waals surface area contributed by atoms with Gasteiger partial charge in [-0.25, -0.2) is 12.8 Å². The first-order chi connectivity index (χ1) is 22.3. The van der Waals surface area contributed by atoms with E-state index in [4.69, 9.17) is 9.47 Å². The zero-order valence-electron chi connectivity index (χ0n) is 25.1. The van der Waals surface area contributed by atoms with Crippen molar-refractivity contribution >= 4 is 21.8 Å². The third-order valence-electron chi connectivity index (χ3n) is 7.50. The standard InChI is InChI=1S/C34H35FN4O6S/c35-28-11-9-27(10-12-28)24-39(32(22-26-6-2-1-3-7-26)34(41)37-23-29-8-4-5-17-36-29)33(40)25-45-30-13-15-31(16-14-30)46(42,43)38-18-20-44-21-19-38/h1-17,32H,18-25H2,(H,37,41). The molecule has 3 aromatic carbocycles. The summed E-state index contributed by atoms with van der Waals surface area (Å²) in [7, 11) is -3.69. The van der Waals surface area contributed by atoms with Gasteiger partial charge in [-0.15, -0.1) is 0 Å². The summed E-state index contributed by atoms with van der Waals surface area (Å²) in [6.07, 6.45) is 1.85. The molecule has 1 aliphatic heterocycles. The van der Waals surface area contributed by atoms with E-state index in [2.05, 4.69) is 10.3 Å². The number of sulfonamides is 1. The second kappa shape index (κ2) is 15.6. The summed E-state index contributed by atoms with van der Waals surface area (Å²) in [6.45, 7) is 0.993. The van der Waals surface area contributed by atoms with Crippen LogP contribution in [-0.4, -0.2) is 73.4 Å². The molecule has 46 heavy (non-hydrogen) atoms. The molecule has 2 amide bonds. The third kappa shape index (κ3) is 8.75. The number of morpholine rings is 1. The Morgan fingerprint density at radius 3 is 2.28 bits per heavy atom. The topological polar surface area (TPSA) is 118 Å². The maximum Gasteiger partial charge on any atom is 0.261 e. The number of carbonyl (C=O) groups is 2. The molecule has 2 heterocycles. The van der Waals surface area contributed by atoms with Gasteiger partial charge in [0.15, 0.2) is 6.61 Å². The summed E-state index contributed by atoms with van der Waals surface area (Å²) >= 11 is 0. The minimum Gasteiger partial charge on any atom is -0.484 e. The first-order valence-electron chi connectivity index (χ1n) is 14.9. The van der Waals surface area contributed by atoms with Gasteiger partial charge in [-0.05, 0) is 59.7 Å². The number of nitrogens with one attached hydrogen (secondary N) is 1. The minimum atomic E-state index is -3.69. The molecule has 12 heteroatoms. The van der Waals surface area contributed by atoms with Gasteiger partial charge >= 0.3 is 0 Å². The number of benzene rings is 3. The molecule has 1 fully saturated rings. The van der Waals surface area contributed by atoms with Gasteiger partial charge in [0.25, 0.3) is 5.91 Å². The van der Waals surface area contributed by atoms with Crippen LogP contribution in [0.2, 0.25) is 0 Å². The number of amides is 2. The van der Waals surface area contributed by atoms with Crippen LogP contribution in [0, 0.1) is 5.82 Å². The molecule has 0 aliphatic carbocycles. The molecule has 1 unspecified atom stereocenters. The molecule has 4 aromatic rings. The van der Waals surface area contributed by atoms with Crippen molar-refractivity contribution < 1.29 is 31.9 Å². The van der Waals surface area contributed by atoms with Crippen LogP contribution in [0.15, 0.2) is 108 Å². The van der Waals surface area contributed by atoms with E-state index in [1.54, 1.807) is 30.5 Å². The summed E-state index contributed by atoms with van der Waals surface area (Å²) < 4.78 is 52.1. The van der Waals surface area contributed by atoms with Crippen molar-refractivity contribution in [1.29, 1.82) is 0 Å². The largest absolute Gasteiger partial charge is 0.484 e. The fourth-order valence-corrected chi connectivity index (χ4v) is 6.42. The van der Waals surface area contributed by atoms with Crippen LogP contribution in [0.1, 0.15) is 16.8 Å². The van der Waals surface area contributed by atoms with Gasteiger partial charge < -0.3 is 19.7 Å². The maximum atomic E-state index is 13.9. The molecular weight excluding hydrogens is 611 g/mol. The number of pyridine rings is 1. The van der Waals surface area contributed by atoms with Gasteiger partial charge in [0.2, 0.25) is 15.9 Å². The maximum absolute atomic E-state index is 13.9. The van der Waals surface area contributed by atoms with Crippen molar-refractivity contribution in [3.05, 3.63) is 126 Å². The molecule has 240 valence electrons. The Labute approximate surface area is 267 Å². The molecule has 5 rings (SSSR count). The summed E-state index contributed by atoms with van der Waals surface area (Å²) in [4.78, 5) is 33.4. The van der Waals surface area contributed by atoms with Gasteiger partial charge in [-0.3, -0.25) is 14.6 Å². The Morgan fingerprint density at radius 2 is 1.61 bits per heavy atom. The Kier molecular flexibility index (Phi) is 11.1. The molecular formula is C34H35FN4O6S. The zero-order valence-corrected chi connectivity index (χ0v) is 25.9. The van der Waals surface area contributed by atoms with Gasteiger partial charge in [-0.1, -0.05) is 48.5 Å². The highest BCUT2D eigenvalue weighted by atomic mass is 32.2. The lowest BCUT2D eigenvalue weighted by atomic mass is 10.0. The number of ether oxygens (including phenoxy) is 2. The van der Waals surface area contributed by atoms with Crippen LogP contribution in [0.3, 0.4) is 0 Å². The first-order valence-corrected chi connectivity index (χ1v) is 16.3. The second-order valence-electron chi connectivity index (χ2n) is 10.7. The van der Waals surface area contributed by atoms with Crippen molar-refractivity contribution in [2.24, 2.45) is 0 Å². The Hall–Kier alpha value is -4.65. The lowest BCUT2D eigenvalue weighted by Gasteiger charge is -2.31. The smallest absolute Gasteiger partial charge is 0.261 e. The number of nitrogens with zero attached hydrogens (tertiary/aromatic N) is 3. The fraction of sp³-hybridized carbons (Fsp3) is 0.265. The SMILES string of the molecule is O=C(NCc1ccccn1)C(Cc1ccccc1)N(Cc1ccc(F)cc1)C(=O)COc1ccc(S(=O)(=O)N2CCOCC2)cc1. The van der Waals surface area contributed by atoms with Crippen molar-refractivity contribution in [1.82, 2.24) is 19.5 Å². The molecule has 0 spiro atoms. The number of carbonyl (C=O) groups excluding carboxylic acids is 2. The van der Waals surface area contributed by atoms with E-state index in [0.717, 1.165) is 5.56 Å². The summed E-state index contributed by atoms with van der Waals surface area (Å²) in [5.41, 5.74) is 2.13. The van der Waals surface area contributed by atoms with Crippen molar-refractivity contribution in [3.8, 4) is 5.75 Å². The van der Waals surface area contributed by atoms with Crippen LogP contribution < -0.4 is 10.1 Å². The lowest BCUT2D eigenvalue weighted by molar-refractivity contribution is -0.142. The van der Waals surface area contributed by atoms with Gasteiger partial charge in [0, 0.05) is 32.3 Å². The van der Waals surface area contributed by atoms with E-state index in [0.29, 0.717) is 24.5 Å². The second-order valence-corrected chi connectivity index (χ2v) is 12.6. The average Bonchev–Trinajstić information content (AvgIpc) is 3.10. The minimum absolute atomic E-state index is 0.0215. The molecule has 10 nitrogen and oxygen atoms in total. The van der Waals surface area contributed by atoms with E-state index >= 15 is 0 Å². The fourth-order valence-electron chi connectivity index (χ4n) is 5.01. The summed E-state index contributed by atoms with van der Waals surface area (Å²) in [5.74, 6) is -1.00. The molecule has 0 radical (unpaired) electrons. The number of hydrogen-bond acceptors (Lipinski definition) is 7. The van der Waals surface area contributed by atoms with Crippen LogP contribution in [-0.2, 0) is 43.9 Å².